The molecule has 0 aliphatic heterocycles. The molecule has 3 rings (SSSR count). The Hall–Kier alpha value is -3.41. The van der Waals surface area contributed by atoms with Crippen molar-refractivity contribution in [2.24, 2.45) is 0 Å². The van der Waals surface area contributed by atoms with Gasteiger partial charge in [0.1, 0.15) is 5.75 Å². The van der Waals surface area contributed by atoms with Crippen LogP contribution >= 0.6 is 0 Å². The number of aromatic nitrogens is 2. The molecule has 29 heavy (non-hydrogen) atoms. The molecule has 2 aromatic carbocycles. The van der Waals surface area contributed by atoms with Crippen molar-refractivity contribution in [3.05, 3.63) is 71.0 Å². The van der Waals surface area contributed by atoms with Crippen molar-refractivity contribution >= 4 is 23.2 Å². The highest BCUT2D eigenvalue weighted by Crippen LogP contribution is 2.27. The number of hydrogen-bond acceptors (Lipinski definition) is 5. The quantitative estimate of drug-likeness (QED) is 0.599. The summed E-state index contributed by atoms with van der Waals surface area (Å²) in [4.78, 5) is 21.3. The standard InChI is InChI=1S/C23H26N4O2/c1-5-16-8-7-9-17(6-2)21(16)27-23-24-13-18(14-25-23)22(28)26-19-12-15(3)10-11-20(19)29-4/h7-14H,5-6H2,1-4H3,(H,26,28)(H,24,25,27). The minimum atomic E-state index is -0.288. The highest BCUT2D eigenvalue weighted by Gasteiger charge is 2.12. The fourth-order valence-corrected chi connectivity index (χ4v) is 3.14. The zero-order valence-corrected chi connectivity index (χ0v) is 17.2. The van der Waals surface area contributed by atoms with Gasteiger partial charge in [0, 0.05) is 18.1 Å². The second kappa shape index (κ2) is 9.19. The molecule has 0 atom stereocenters. The lowest BCUT2D eigenvalue weighted by atomic mass is 10.0. The van der Waals surface area contributed by atoms with Gasteiger partial charge in [-0.2, -0.15) is 0 Å². The number of aryl methyl sites for hydroxylation is 3. The van der Waals surface area contributed by atoms with Crippen LogP contribution in [0.3, 0.4) is 0 Å². The third-order valence-electron chi connectivity index (χ3n) is 4.75. The summed E-state index contributed by atoms with van der Waals surface area (Å²) in [6.45, 7) is 6.19. The molecule has 0 bridgehead atoms. The summed E-state index contributed by atoms with van der Waals surface area (Å²) in [7, 11) is 1.57. The van der Waals surface area contributed by atoms with E-state index in [9.17, 15) is 4.79 Å². The molecule has 0 aliphatic carbocycles. The number of rotatable bonds is 7. The first-order valence-corrected chi connectivity index (χ1v) is 9.71. The molecule has 0 spiro atoms. The summed E-state index contributed by atoms with van der Waals surface area (Å²) in [6, 6.07) is 11.9. The van der Waals surface area contributed by atoms with Crippen LogP contribution in [0.1, 0.15) is 40.9 Å². The topological polar surface area (TPSA) is 76.1 Å². The molecular weight excluding hydrogens is 364 g/mol. The second-order valence-electron chi connectivity index (χ2n) is 6.74. The SMILES string of the molecule is CCc1cccc(CC)c1Nc1ncc(C(=O)Nc2cc(C)ccc2OC)cn1. The van der Waals surface area contributed by atoms with Gasteiger partial charge in [0.05, 0.1) is 18.4 Å². The Morgan fingerprint density at radius 2 is 1.69 bits per heavy atom. The third kappa shape index (κ3) is 4.71. The number of anilines is 3. The minimum Gasteiger partial charge on any atom is -0.495 e. The van der Waals surface area contributed by atoms with Gasteiger partial charge in [-0.15, -0.1) is 0 Å². The molecule has 6 heteroatoms. The molecular formula is C23H26N4O2. The number of para-hydroxylation sites is 1. The Morgan fingerprint density at radius 3 is 2.28 bits per heavy atom. The highest BCUT2D eigenvalue weighted by atomic mass is 16.5. The zero-order chi connectivity index (χ0) is 20.8. The van der Waals surface area contributed by atoms with Crippen LogP contribution in [0, 0.1) is 6.92 Å². The van der Waals surface area contributed by atoms with E-state index < -0.39 is 0 Å². The van der Waals surface area contributed by atoms with Gasteiger partial charge in [-0.05, 0) is 48.6 Å². The largest absolute Gasteiger partial charge is 0.495 e. The van der Waals surface area contributed by atoms with Crippen LogP contribution in [-0.4, -0.2) is 23.0 Å². The Labute approximate surface area is 171 Å². The number of amides is 1. The van der Waals surface area contributed by atoms with Gasteiger partial charge in [0.15, 0.2) is 0 Å². The first-order valence-electron chi connectivity index (χ1n) is 9.71. The van der Waals surface area contributed by atoms with Crippen LogP contribution < -0.4 is 15.4 Å². The molecule has 0 aliphatic rings. The summed E-state index contributed by atoms with van der Waals surface area (Å²) in [6.07, 6.45) is 4.87. The van der Waals surface area contributed by atoms with Gasteiger partial charge in [-0.3, -0.25) is 4.79 Å². The maximum absolute atomic E-state index is 12.6. The highest BCUT2D eigenvalue weighted by molar-refractivity contribution is 6.04. The van der Waals surface area contributed by atoms with E-state index in [-0.39, 0.29) is 5.91 Å². The molecule has 1 heterocycles. The monoisotopic (exact) mass is 390 g/mol. The van der Waals surface area contributed by atoms with Crippen molar-refractivity contribution in [2.45, 2.75) is 33.6 Å². The van der Waals surface area contributed by atoms with Crippen molar-refractivity contribution in [1.82, 2.24) is 9.97 Å². The van der Waals surface area contributed by atoms with Gasteiger partial charge in [-0.1, -0.05) is 38.1 Å². The molecule has 1 aromatic heterocycles. The van der Waals surface area contributed by atoms with Crippen molar-refractivity contribution < 1.29 is 9.53 Å². The maximum atomic E-state index is 12.6. The number of benzene rings is 2. The molecule has 0 saturated carbocycles. The molecule has 0 saturated heterocycles. The van der Waals surface area contributed by atoms with Crippen LogP contribution in [0.4, 0.5) is 17.3 Å². The van der Waals surface area contributed by atoms with E-state index >= 15 is 0 Å². The van der Waals surface area contributed by atoms with Crippen LogP contribution in [0.25, 0.3) is 0 Å². The predicted molar refractivity (Wildman–Crippen MR) is 116 cm³/mol. The number of carbonyl (C=O) groups excluding carboxylic acids is 1. The molecule has 1 amide bonds. The second-order valence-corrected chi connectivity index (χ2v) is 6.74. The lowest BCUT2D eigenvalue weighted by molar-refractivity contribution is 0.102. The zero-order valence-electron chi connectivity index (χ0n) is 17.2. The van der Waals surface area contributed by atoms with E-state index in [1.807, 2.05) is 25.1 Å². The Bertz CT molecular complexity index is 978. The number of nitrogens with zero attached hydrogens (tertiary/aromatic N) is 2. The van der Waals surface area contributed by atoms with E-state index in [0.717, 1.165) is 24.1 Å². The van der Waals surface area contributed by atoms with Crippen LogP contribution in [0.15, 0.2) is 48.8 Å². The van der Waals surface area contributed by atoms with Gasteiger partial charge in [0.25, 0.3) is 5.91 Å². The average Bonchev–Trinajstić information content (AvgIpc) is 2.74. The summed E-state index contributed by atoms with van der Waals surface area (Å²) in [5, 5.41) is 6.17. The van der Waals surface area contributed by atoms with Crippen molar-refractivity contribution in [2.75, 3.05) is 17.7 Å². The molecule has 0 unspecified atom stereocenters. The molecule has 6 nitrogen and oxygen atoms in total. The fraction of sp³-hybridized carbons (Fsp3) is 0.261. The van der Waals surface area contributed by atoms with E-state index in [2.05, 4.69) is 52.6 Å². The first kappa shape index (κ1) is 20.3. The normalized spacial score (nSPS) is 10.5. The van der Waals surface area contributed by atoms with Crippen LogP contribution in [0.5, 0.6) is 5.75 Å². The van der Waals surface area contributed by atoms with Crippen molar-refractivity contribution in [1.29, 1.82) is 0 Å². The lowest BCUT2D eigenvalue weighted by Gasteiger charge is -2.14. The Morgan fingerprint density at radius 1 is 1.03 bits per heavy atom. The predicted octanol–water partition coefficient (Wildman–Crippen LogP) is 4.91. The Kier molecular flexibility index (Phi) is 6.44. The first-order chi connectivity index (χ1) is 14.0. The smallest absolute Gasteiger partial charge is 0.258 e. The number of ether oxygens (including phenoxy) is 1. The number of hydrogen-bond donors (Lipinski definition) is 2. The van der Waals surface area contributed by atoms with Gasteiger partial charge in [-0.25, -0.2) is 9.97 Å². The molecule has 150 valence electrons. The van der Waals surface area contributed by atoms with Crippen LogP contribution in [0.2, 0.25) is 0 Å². The Balaban J connectivity index is 1.77. The minimum absolute atomic E-state index is 0.288. The molecule has 2 N–H and O–H groups in total. The van der Waals surface area contributed by atoms with Gasteiger partial charge in [0.2, 0.25) is 5.95 Å². The molecule has 0 fully saturated rings. The lowest BCUT2D eigenvalue weighted by Crippen LogP contribution is -2.14. The summed E-state index contributed by atoms with van der Waals surface area (Å²) in [5.74, 6) is 0.778. The summed E-state index contributed by atoms with van der Waals surface area (Å²) in [5.41, 5.74) is 5.47. The van der Waals surface area contributed by atoms with E-state index in [4.69, 9.17) is 4.74 Å². The fourth-order valence-electron chi connectivity index (χ4n) is 3.14. The third-order valence-corrected chi connectivity index (χ3v) is 4.75. The number of carbonyl (C=O) groups is 1. The number of nitrogens with one attached hydrogen (secondary N) is 2. The van der Waals surface area contributed by atoms with Gasteiger partial charge < -0.3 is 15.4 Å². The number of methoxy groups -OCH3 is 1. The van der Waals surface area contributed by atoms with Crippen molar-refractivity contribution in [3.8, 4) is 5.75 Å². The molecule has 0 radical (unpaired) electrons. The molecule has 3 aromatic rings. The van der Waals surface area contributed by atoms with E-state index in [1.54, 1.807) is 7.11 Å². The van der Waals surface area contributed by atoms with E-state index in [1.165, 1.54) is 23.5 Å². The van der Waals surface area contributed by atoms with E-state index in [0.29, 0.717) is 22.9 Å². The van der Waals surface area contributed by atoms with Crippen LogP contribution in [-0.2, 0) is 12.8 Å². The maximum Gasteiger partial charge on any atom is 0.258 e. The van der Waals surface area contributed by atoms with Crippen molar-refractivity contribution in [3.63, 3.8) is 0 Å². The summed E-state index contributed by atoms with van der Waals surface area (Å²) >= 11 is 0. The summed E-state index contributed by atoms with van der Waals surface area (Å²) < 4.78 is 5.31. The van der Waals surface area contributed by atoms with Gasteiger partial charge >= 0.3 is 0 Å². The average molecular weight is 390 g/mol.